The number of benzene rings is 1. The molecule has 4 unspecified atom stereocenters. The van der Waals surface area contributed by atoms with Gasteiger partial charge in [0.2, 0.25) is 29.5 Å². The predicted molar refractivity (Wildman–Crippen MR) is 119 cm³/mol. The summed E-state index contributed by atoms with van der Waals surface area (Å²) in [5.41, 5.74) is 16.4. The fourth-order valence-corrected chi connectivity index (χ4v) is 2.86. The van der Waals surface area contributed by atoms with Crippen molar-refractivity contribution < 1.29 is 33.9 Å². The molecule has 10 N–H and O–H groups in total. The molecule has 1 aromatic carbocycles. The van der Waals surface area contributed by atoms with Crippen LogP contribution in [-0.4, -0.2) is 64.8 Å². The van der Waals surface area contributed by atoms with Crippen LogP contribution in [0.2, 0.25) is 0 Å². The average molecular weight is 479 g/mol. The van der Waals surface area contributed by atoms with E-state index < -0.39 is 66.1 Å². The van der Waals surface area contributed by atoms with Crippen LogP contribution >= 0.6 is 0 Å². The summed E-state index contributed by atoms with van der Waals surface area (Å²) in [6.07, 6.45) is -1.18. The van der Waals surface area contributed by atoms with Gasteiger partial charge in [0.25, 0.3) is 0 Å². The van der Waals surface area contributed by atoms with Gasteiger partial charge in [-0.25, -0.2) is 4.79 Å². The zero-order valence-corrected chi connectivity index (χ0v) is 18.7. The SMILES string of the molecule is CC(N)C(=O)NC(Cc1ccccc1)C(=O)NC(CCC(N)=O)C(=O)NC(CC(N)=O)C(=O)O. The number of nitrogens with one attached hydrogen (secondary N) is 3. The summed E-state index contributed by atoms with van der Waals surface area (Å²) in [6, 6.07) is 3.64. The Hall–Kier alpha value is -4.00. The first-order chi connectivity index (χ1) is 15.9. The fourth-order valence-electron chi connectivity index (χ4n) is 2.86. The molecular weight excluding hydrogens is 448 g/mol. The minimum atomic E-state index is -1.64. The van der Waals surface area contributed by atoms with E-state index in [1.165, 1.54) is 6.92 Å². The standard InChI is InChI=1S/C21H30N6O7/c1-11(22)18(30)26-14(9-12-5-3-2-4-6-12)20(32)25-13(7-8-16(23)28)19(31)27-15(21(33)34)10-17(24)29/h2-6,11,13-15H,7-10,22H2,1H3,(H2,23,28)(H2,24,29)(H,25,32)(H,26,30)(H,27,31)(H,33,34). The number of primary amides is 2. The number of carboxylic acid groups (broad SMARTS) is 1. The molecule has 0 bridgehead atoms. The Labute approximate surface area is 195 Å². The van der Waals surface area contributed by atoms with Gasteiger partial charge in [0.05, 0.1) is 12.5 Å². The molecule has 0 aliphatic carbocycles. The van der Waals surface area contributed by atoms with Crippen molar-refractivity contribution in [2.24, 2.45) is 17.2 Å². The molecule has 13 nitrogen and oxygen atoms in total. The lowest BCUT2D eigenvalue weighted by Crippen LogP contribution is -2.57. The number of nitrogens with two attached hydrogens (primary N) is 3. The van der Waals surface area contributed by atoms with Crippen molar-refractivity contribution in [2.45, 2.75) is 56.8 Å². The lowest BCUT2D eigenvalue weighted by atomic mass is 10.0. The van der Waals surface area contributed by atoms with E-state index in [9.17, 15) is 33.9 Å². The van der Waals surface area contributed by atoms with Gasteiger partial charge in [0, 0.05) is 12.8 Å². The van der Waals surface area contributed by atoms with E-state index in [1.54, 1.807) is 30.3 Å². The minimum Gasteiger partial charge on any atom is -0.480 e. The third kappa shape index (κ3) is 10.1. The molecule has 0 fully saturated rings. The molecule has 1 aromatic rings. The van der Waals surface area contributed by atoms with Crippen molar-refractivity contribution in [3.63, 3.8) is 0 Å². The van der Waals surface area contributed by atoms with Crippen molar-refractivity contribution >= 4 is 35.5 Å². The number of carbonyl (C=O) groups is 6. The molecule has 34 heavy (non-hydrogen) atoms. The zero-order valence-electron chi connectivity index (χ0n) is 18.7. The summed E-state index contributed by atoms with van der Waals surface area (Å²) in [7, 11) is 0. The van der Waals surface area contributed by atoms with Gasteiger partial charge in [-0.05, 0) is 18.9 Å². The number of hydrogen-bond donors (Lipinski definition) is 7. The Bertz CT molecular complexity index is 906. The molecule has 0 aliphatic heterocycles. The fraction of sp³-hybridized carbons (Fsp3) is 0.429. The van der Waals surface area contributed by atoms with Gasteiger partial charge in [0.1, 0.15) is 18.1 Å². The highest BCUT2D eigenvalue weighted by molar-refractivity contribution is 5.95. The summed E-state index contributed by atoms with van der Waals surface area (Å²) in [5, 5.41) is 16.2. The Morgan fingerprint density at radius 3 is 1.85 bits per heavy atom. The van der Waals surface area contributed by atoms with Crippen LogP contribution < -0.4 is 33.2 Å². The highest BCUT2D eigenvalue weighted by atomic mass is 16.4. The molecule has 0 spiro atoms. The van der Waals surface area contributed by atoms with Gasteiger partial charge in [-0.3, -0.25) is 24.0 Å². The smallest absolute Gasteiger partial charge is 0.326 e. The average Bonchev–Trinajstić information content (AvgIpc) is 2.75. The van der Waals surface area contributed by atoms with E-state index in [0.29, 0.717) is 5.56 Å². The minimum absolute atomic E-state index is 0.0642. The number of hydrogen-bond acceptors (Lipinski definition) is 7. The first-order valence-corrected chi connectivity index (χ1v) is 10.4. The van der Waals surface area contributed by atoms with E-state index in [2.05, 4.69) is 16.0 Å². The van der Waals surface area contributed by atoms with Crippen LogP contribution in [0.1, 0.15) is 31.7 Å². The Balaban J connectivity index is 3.09. The monoisotopic (exact) mass is 478 g/mol. The van der Waals surface area contributed by atoms with E-state index >= 15 is 0 Å². The van der Waals surface area contributed by atoms with E-state index in [4.69, 9.17) is 17.2 Å². The quantitative estimate of drug-likeness (QED) is 0.148. The van der Waals surface area contributed by atoms with Crippen molar-refractivity contribution in [2.75, 3.05) is 0 Å². The third-order valence-corrected chi connectivity index (χ3v) is 4.66. The highest BCUT2D eigenvalue weighted by Crippen LogP contribution is 2.06. The number of rotatable bonds is 14. The topological polar surface area (TPSA) is 237 Å². The van der Waals surface area contributed by atoms with Crippen LogP contribution in [0.4, 0.5) is 0 Å². The third-order valence-electron chi connectivity index (χ3n) is 4.66. The van der Waals surface area contributed by atoms with Gasteiger partial charge < -0.3 is 38.3 Å². The number of carboxylic acids is 1. The van der Waals surface area contributed by atoms with E-state index in [-0.39, 0.29) is 19.3 Å². The molecule has 4 atom stereocenters. The predicted octanol–water partition coefficient (Wildman–Crippen LogP) is -2.74. The number of aliphatic carboxylic acids is 1. The lowest BCUT2D eigenvalue weighted by molar-refractivity contribution is -0.144. The van der Waals surface area contributed by atoms with Crippen LogP contribution in [0.25, 0.3) is 0 Å². The largest absolute Gasteiger partial charge is 0.480 e. The maximum absolute atomic E-state index is 13.0. The summed E-state index contributed by atoms with van der Waals surface area (Å²) < 4.78 is 0. The molecule has 0 aromatic heterocycles. The van der Waals surface area contributed by atoms with Gasteiger partial charge in [-0.15, -0.1) is 0 Å². The molecule has 0 radical (unpaired) electrons. The van der Waals surface area contributed by atoms with Gasteiger partial charge in [-0.2, -0.15) is 0 Å². The second kappa shape index (κ2) is 13.5. The van der Waals surface area contributed by atoms with E-state index in [1.807, 2.05) is 0 Å². The van der Waals surface area contributed by atoms with Crippen molar-refractivity contribution in [1.82, 2.24) is 16.0 Å². The maximum atomic E-state index is 13.0. The summed E-state index contributed by atoms with van der Waals surface area (Å²) in [5.74, 6) is -5.60. The highest BCUT2D eigenvalue weighted by Gasteiger charge is 2.30. The van der Waals surface area contributed by atoms with Crippen LogP contribution in [0.5, 0.6) is 0 Å². The molecule has 0 saturated carbocycles. The van der Waals surface area contributed by atoms with Crippen molar-refractivity contribution in [1.29, 1.82) is 0 Å². The first-order valence-electron chi connectivity index (χ1n) is 10.4. The molecular formula is C21H30N6O7. The molecule has 0 heterocycles. The molecule has 186 valence electrons. The maximum Gasteiger partial charge on any atom is 0.326 e. The van der Waals surface area contributed by atoms with Gasteiger partial charge in [-0.1, -0.05) is 30.3 Å². The summed E-state index contributed by atoms with van der Waals surface area (Å²) >= 11 is 0. The second-order valence-corrected chi connectivity index (χ2v) is 7.68. The number of carbonyl (C=O) groups excluding carboxylic acids is 5. The molecule has 5 amide bonds. The summed E-state index contributed by atoms with van der Waals surface area (Å²) in [6.45, 7) is 1.43. The van der Waals surface area contributed by atoms with Gasteiger partial charge in [0.15, 0.2) is 0 Å². The summed E-state index contributed by atoms with van der Waals surface area (Å²) in [4.78, 5) is 71.5. The normalized spacial score (nSPS) is 14.1. The molecule has 0 saturated heterocycles. The molecule has 0 aliphatic rings. The molecule has 13 heteroatoms. The Morgan fingerprint density at radius 1 is 0.824 bits per heavy atom. The lowest BCUT2D eigenvalue weighted by Gasteiger charge is -2.24. The first kappa shape index (κ1) is 28.0. The van der Waals surface area contributed by atoms with Crippen LogP contribution in [0.3, 0.4) is 0 Å². The number of amides is 5. The van der Waals surface area contributed by atoms with Gasteiger partial charge >= 0.3 is 5.97 Å². The molecule has 1 rings (SSSR count). The van der Waals surface area contributed by atoms with E-state index in [0.717, 1.165) is 0 Å². The van der Waals surface area contributed by atoms with Crippen LogP contribution in [-0.2, 0) is 35.2 Å². The van der Waals surface area contributed by atoms with Crippen molar-refractivity contribution in [3.8, 4) is 0 Å². The van der Waals surface area contributed by atoms with Crippen molar-refractivity contribution in [3.05, 3.63) is 35.9 Å². The second-order valence-electron chi connectivity index (χ2n) is 7.68. The van der Waals surface area contributed by atoms with Crippen LogP contribution in [0, 0.1) is 0 Å². The van der Waals surface area contributed by atoms with Crippen LogP contribution in [0.15, 0.2) is 30.3 Å². The Morgan fingerprint density at radius 2 is 1.35 bits per heavy atom. The zero-order chi connectivity index (χ0) is 25.8. The Kier molecular flexibility index (Phi) is 11.2.